The molecular weight excluding hydrogens is 220 g/mol. The van der Waals surface area contributed by atoms with Crippen molar-refractivity contribution in [2.24, 2.45) is 5.92 Å². The molecule has 2 unspecified atom stereocenters. The average molecular weight is 238 g/mol. The van der Waals surface area contributed by atoms with Gasteiger partial charge in [0.1, 0.15) is 0 Å². The van der Waals surface area contributed by atoms with Crippen LogP contribution < -0.4 is 5.32 Å². The lowest BCUT2D eigenvalue weighted by Crippen LogP contribution is -2.10. The molecule has 2 aromatic rings. The zero-order chi connectivity index (χ0) is 12.4. The fourth-order valence-electron chi connectivity index (χ4n) is 2.61. The van der Waals surface area contributed by atoms with Crippen molar-refractivity contribution in [2.75, 3.05) is 13.6 Å². The Hall–Kier alpha value is -1.67. The topological polar surface area (TPSA) is 24.9 Å². The van der Waals surface area contributed by atoms with Crippen LogP contribution in [0.5, 0.6) is 0 Å². The van der Waals surface area contributed by atoms with Gasteiger partial charge in [0, 0.05) is 12.4 Å². The second-order valence-corrected chi connectivity index (χ2v) is 5.02. The number of hydrogen-bond acceptors (Lipinski definition) is 2. The van der Waals surface area contributed by atoms with Crippen LogP contribution in [0.3, 0.4) is 0 Å². The third kappa shape index (κ3) is 2.29. The lowest BCUT2D eigenvalue weighted by atomic mass is 10.0. The maximum Gasteiger partial charge on any atom is 0.0273 e. The minimum atomic E-state index is 0.768. The highest BCUT2D eigenvalue weighted by Crippen LogP contribution is 2.47. The Bertz CT molecular complexity index is 504. The van der Waals surface area contributed by atoms with Crippen LogP contribution >= 0.6 is 0 Å². The van der Waals surface area contributed by atoms with Gasteiger partial charge in [-0.15, -0.1) is 0 Å². The molecular formula is C16H18N2. The van der Waals surface area contributed by atoms with E-state index < -0.39 is 0 Å². The van der Waals surface area contributed by atoms with Gasteiger partial charge in [0.05, 0.1) is 0 Å². The summed E-state index contributed by atoms with van der Waals surface area (Å²) in [6.07, 6.45) is 5.01. The Morgan fingerprint density at radius 1 is 1.06 bits per heavy atom. The molecule has 1 aromatic heterocycles. The molecule has 0 spiro atoms. The van der Waals surface area contributed by atoms with Crippen molar-refractivity contribution in [3.8, 4) is 11.1 Å². The molecule has 0 aliphatic heterocycles. The highest BCUT2D eigenvalue weighted by atomic mass is 14.8. The zero-order valence-corrected chi connectivity index (χ0v) is 10.6. The molecule has 1 aliphatic rings. The lowest BCUT2D eigenvalue weighted by molar-refractivity contribution is 0.698. The van der Waals surface area contributed by atoms with Crippen LogP contribution in [0.1, 0.15) is 17.9 Å². The number of nitrogens with zero attached hydrogens (tertiary/aromatic N) is 1. The summed E-state index contributed by atoms with van der Waals surface area (Å²) in [6.45, 7) is 1.14. The highest BCUT2D eigenvalue weighted by molar-refractivity contribution is 5.63. The van der Waals surface area contributed by atoms with Gasteiger partial charge >= 0.3 is 0 Å². The van der Waals surface area contributed by atoms with E-state index >= 15 is 0 Å². The maximum absolute atomic E-state index is 4.05. The monoisotopic (exact) mass is 238 g/mol. The number of rotatable bonds is 4. The van der Waals surface area contributed by atoms with Gasteiger partial charge in [0.15, 0.2) is 0 Å². The largest absolute Gasteiger partial charge is 0.319 e. The van der Waals surface area contributed by atoms with Crippen LogP contribution in [0.4, 0.5) is 0 Å². The van der Waals surface area contributed by atoms with Crippen LogP contribution in [0, 0.1) is 5.92 Å². The van der Waals surface area contributed by atoms with Crippen molar-refractivity contribution in [1.29, 1.82) is 0 Å². The van der Waals surface area contributed by atoms with Crippen molar-refractivity contribution in [1.82, 2.24) is 10.3 Å². The van der Waals surface area contributed by atoms with E-state index in [1.54, 1.807) is 0 Å². The van der Waals surface area contributed by atoms with E-state index in [4.69, 9.17) is 0 Å². The van der Waals surface area contributed by atoms with Crippen LogP contribution in [0.15, 0.2) is 48.8 Å². The van der Waals surface area contributed by atoms with Crippen molar-refractivity contribution >= 4 is 0 Å². The first-order valence-electron chi connectivity index (χ1n) is 6.53. The lowest BCUT2D eigenvalue weighted by Gasteiger charge is -2.04. The summed E-state index contributed by atoms with van der Waals surface area (Å²) in [5, 5.41) is 3.26. The smallest absolute Gasteiger partial charge is 0.0273 e. The fourth-order valence-corrected chi connectivity index (χ4v) is 2.61. The van der Waals surface area contributed by atoms with Gasteiger partial charge in [-0.1, -0.05) is 24.3 Å². The molecule has 1 N–H and O–H groups in total. The van der Waals surface area contributed by atoms with E-state index in [0.717, 1.165) is 18.4 Å². The van der Waals surface area contributed by atoms with Crippen LogP contribution in [0.25, 0.3) is 11.1 Å². The first-order chi connectivity index (χ1) is 8.88. The Morgan fingerprint density at radius 3 is 2.39 bits per heavy atom. The van der Waals surface area contributed by atoms with Gasteiger partial charge in [-0.05, 0) is 60.7 Å². The number of pyridine rings is 1. The third-order valence-corrected chi connectivity index (χ3v) is 3.74. The van der Waals surface area contributed by atoms with E-state index in [0.29, 0.717) is 0 Å². The number of hydrogen-bond donors (Lipinski definition) is 1. The molecule has 1 aromatic carbocycles. The first-order valence-corrected chi connectivity index (χ1v) is 6.53. The van der Waals surface area contributed by atoms with Gasteiger partial charge in [-0.3, -0.25) is 4.98 Å². The normalized spacial score (nSPS) is 21.8. The maximum atomic E-state index is 4.05. The Balaban J connectivity index is 1.75. The minimum absolute atomic E-state index is 0.768. The molecule has 0 radical (unpaired) electrons. The van der Waals surface area contributed by atoms with Crippen molar-refractivity contribution in [3.63, 3.8) is 0 Å². The quantitative estimate of drug-likeness (QED) is 0.885. The Kier molecular flexibility index (Phi) is 3.11. The molecule has 18 heavy (non-hydrogen) atoms. The Labute approximate surface area is 108 Å². The molecule has 0 bridgehead atoms. The molecule has 3 rings (SSSR count). The van der Waals surface area contributed by atoms with E-state index in [1.165, 1.54) is 23.1 Å². The van der Waals surface area contributed by atoms with Crippen LogP contribution in [0.2, 0.25) is 0 Å². The molecule has 2 atom stereocenters. The molecule has 1 aliphatic carbocycles. The molecule has 92 valence electrons. The third-order valence-electron chi connectivity index (χ3n) is 3.74. The SMILES string of the molecule is CNCC1CC1c1ccc(-c2ccncc2)cc1. The van der Waals surface area contributed by atoms with Crippen LogP contribution in [-0.2, 0) is 0 Å². The number of benzene rings is 1. The predicted molar refractivity (Wildman–Crippen MR) is 74.4 cm³/mol. The fraction of sp³-hybridized carbons (Fsp3) is 0.312. The van der Waals surface area contributed by atoms with E-state index in [9.17, 15) is 0 Å². The number of aromatic nitrogens is 1. The average Bonchev–Trinajstić information content (AvgIpc) is 3.20. The molecule has 2 nitrogen and oxygen atoms in total. The summed E-state index contributed by atoms with van der Waals surface area (Å²) in [6, 6.07) is 13.1. The van der Waals surface area contributed by atoms with Gasteiger partial charge in [-0.2, -0.15) is 0 Å². The van der Waals surface area contributed by atoms with Gasteiger partial charge in [0.2, 0.25) is 0 Å². The van der Waals surface area contributed by atoms with Gasteiger partial charge in [-0.25, -0.2) is 0 Å². The summed E-state index contributed by atoms with van der Waals surface area (Å²) in [4.78, 5) is 4.05. The summed E-state index contributed by atoms with van der Waals surface area (Å²) < 4.78 is 0. The summed E-state index contributed by atoms with van der Waals surface area (Å²) in [7, 11) is 2.03. The summed E-state index contributed by atoms with van der Waals surface area (Å²) in [5.41, 5.74) is 3.99. The molecule has 1 saturated carbocycles. The van der Waals surface area contributed by atoms with Crippen molar-refractivity contribution < 1.29 is 0 Å². The van der Waals surface area contributed by atoms with Crippen molar-refractivity contribution in [3.05, 3.63) is 54.4 Å². The molecule has 0 saturated heterocycles. The van der Waals surface area contributed by atoms with E-state index in [2.05, 4.69) is 46.7 Å². The summed E-state index contributed by atoms with van der Waals surface area (Å²) >= 11 is 0. The predicted octanol–water partition coefficient (Wildman–Crippen LogP) is 3.07. The van der Waals surface area contributed by atoms with Gasteiger partial charge in [0.25, 0.3) is 0 Å². The van der Waals surface area contributed by atoms with Crippen molar-refractivity contribution in [2.45, 2.75) is 12.3 Å². The van der Waals surface area contributed by atoms with E-state index in [1.807, 2.05) is 19.4 Å². The minimum Gasteiger partial charge on any atom is -0.319 e. The van der Waals surface area contributed by atoms with Gasteiger partial charge < -0.3 is 5.32 Å². The molecule has 1 fully saturated rings. The molecule has 0 amide bonds. The number of nitrogens with one attached hydrogen (secondary N) is 1. The van der Waals surface area contributed by atoms with Crippen LogP contribution in [-0.4, -0.2) is 18.6 Å². The zero-order valence-electron chi connectivity index (χ0n) is 10.6. The molecule has 2 heteroatoms. The van der Waals surface area contributed by atoms with E-state index in [-0.39, 0.29) is 0 Å². The standard InChI is InChI=1S/C16H18N2/c1-17-11-15-10-16(15)14-4-2-12(3-5-14)13-6-8-18-9-7-13/h2-9,15-17H,10-11H2,1H3. The highest BCUT2D eigenvalue weighted by Gasteiger charge is 2.37. The summed E-state index contributed by atoms with van der Waals surface area (Å²) in [5.74, 6) is 1.60. The first kappa shape index (κ1) is 11.4. The second-order valence-electron chi connectivity index (χ2n) is 5.02. The second kappa shape index (κ2) is 4.91. The molecule has 1 heterocycles. The Morgan fingerprint density at radius 2 is 1.72 bits per heavy atom.